The molecule has 0 aliphatic carbocycles. The molecule has 28 heavy (non-hydrogen) atoms. The second-order valence-corrected chi connectivity index (χ2v) is 8.89. The summed E-state index contributed by atoms with van der Waals surface area (Å²) in [7, 11) is -3.61. The summed E-state index contributed by atoms with van der Waals surface area (Å²) in [5.74, 6) is -0.522. The van der Waals surface area contributed by atoms with Gasteiger partial charge in [0.05, 0.1) is 4.90 Å². The molecule has 0 saturated carbocycles. The average Bonchev–Trinajstić information content (AvgIpc) is 2.69. The minimum atomic E-state index is -3.61. The predicted octanol–water partition coefficient (Wildman–Crippen LogP) is 3.42. The van der Waals surface area contributed by atoms with Crippen molar-refractivity contribution in [3.63, 3.8) is 0 Å². The van der Waals surface area contributed by atoms with Crippen molar-refractivity contribution in [2.75, 3.05) is 26.2 Å². The van der Waals surface area contributed by atoms with Gasteiger partial charge in [0.25, 0.3) is 0 Å². The number of halogens is 2. The summed E-state index contributed by atoms with van der Waals surface area (Å²) >= 11 is 5.82. The largest absolute Gasteiger partial charge is 0.337 e. The van der Waals surface area contributed by atoms with Crippen molar-refractivity contribution in [3.8, 4) is 0 Å². The maximum Gasteiger partial charge on any atom is 0.246 e. The maximum atomic E-state index is 13.0. The van der Waals surface area contributed by atoms with Crippen molar-refractivity contribution in [3.05, 3.63) is 71.0 Å². The first-order valence-electron chi connectivity index (χ1n) is 8.76. The van der Waals surface area contributed by atoms with E-state index in [0.29, 0.717) is 18.1 Å². The monoisotopic (exact) mass is 422 g/mol. The number of hydrogen-bond donors (Lipinski definition) is 0. The molecule has 0 spiro atoms. The summed E-state index contributed by atoms with van der Waals surface area (Å²) in [5.41, 5.74) is 1.49. The van der Waals surface area contributed by atoms with E-state index in [1.165, 1.54) is 46.8 Å². The van der Waals surface area contributed by atoms with Gasteiger partial charge in [0.1, 0.15) is 5.82 Å². The molecule has 1 aliphatic heterocycles. The van der Waals surface area contributed by atoms with Gasteiger partial charge >= 0.3 is 0 Å². The summed E-state index contributed by atoms with van der Waals surface area (Å²) in [6.45, 7) is 2.84. The zero-order valence-corrected chi connectivity index (χ0v) is 16.9. The van der Waals surface area contributed by atoms with Crippen LogP contribution in [0.25, 0.3) is 5.57 Å². The van der Waals surface area contributed by atoms with Gasteiger partial charge in [-0.15, -0.1) is 0 Å². The quantitative estimate of drug-likeness (QED) is 0.709. The van der Waals surface area contributed by atoms with Gasteiger partial charge in [0.15, 0.2) is 0 Å². The van der Waals surface area contributed by atoms with Crippen LogP contribution in [0.15, 0.2) is 59.5 Å². The molecule has 0 atom stereocenters. The lowest BCUT2D eigenvalue weighted by atomic mass is 10.1. The van der Waals surface area contributed by atoms with Crippen LogP contribution in [0.2, 0.25) is 5.02 Å². The summed E-state index contributed by atoms with van der Waals surface area (Å²) < 4.78 is 39.8. The Morgan fingerprint density at radius 1 is 1.00 bits per heavy atom. The van der Waals surface area contributed by atoms with E-state index in [1.807, 2.05) is 0 Å². The van der Waals surface area contributed by atoms with E-state index >= 15 is 0 Å². The van der Waals surface area contributed by atoms with Crippen LogP contribution in [-0.4, -0.2) is 49.7 Å². The molecule has 1 amide bonds. The fraction of sp³-hybridized carbons (Fsp3) is 0.250. The molecule has 148 valence electrons. The third-order valence-corrected chi connectivity index (χ3v) is 6.81. The van der Waals surface area contributed by atoms with Gasteiger partial charge in [-0.25, -0.2) is 12.8 Å². The van der Waals surface area contributed by atoms with E-state index in [-0.39, 0.29) is 29.7 Å². The lowest BCUT2D eigenvalue weighted by molar-refractivity contribution is -0.127. The number of sulfonamides is 1. The summed E-state index contributed by atoms with van der Waals surface area (Å²) in [4.78, 5) is 14.3. The van der Waals surface area contributed by atoms with Crippen molar-refractivity contribution in [1.82, 2.24) is 9.21 Å². The highest BCUT2D eigenvalue weighted by Gasteiger charge is 2.29. The molecule has 0 radical (unpaired) electrons. The van der Waals surface area contributed by atoms with Crippen LogP contribution in [0.5, 0.6) is 0 Å². The van der Waals surface area contributed by atoms with Crippen LogP contribution in [-0.2, 0) is 14.8 Å². The SMILES string of the molecule is C/C(=C\C(=O)N1CCN(S(=O)(=O)c2ccc(Cl)cc2)CC1)c1ccc(F)cc1. The topological polar surface area (TPSA) is 57.7 Å². The lowest BCUT2D eigenvalue weighted by Gasteiger charge is -2.33. The number of carbonyl (C=O) groups excluding carboxylic acids is 1. The van der Waals surface area contributed by atoms with Crippen LogP contribution in [0.1, 0.15) is 12.5 Å². The van der Waals surface area contributed by atoms with Crippen LogP contribution >= 0.6 is 11.6 Å². The van der Waals surface area contributed by atoms with Crippen molar-refractivity contribution in [2.24, 2.45) is 0 Å². The molecule has 0 bridgehead atoms. The van der Waals surface area contributed by atoms with E-state index < -0.39 is 10.0 Å². The Balaban J connectivity index is 1.64. The van der Waals surface area contributed by atoms with E-state index in [4.69, 9.17) is 11.6 Å². The Morgan fingerprint density at radius 2 is 1.57 bits per heavy atom. The first-order valence-corrected chi connectivity index (χ1v) is 10.6. The fourth-order valence-corrected chi connectivity index (χ4v) is 4.53. The third-order valence-electron chi connectivity index (χ3n) is 4.64. The molecule has 1 heterocycles. The smallest absolute Gasteiger partial charge is 0.246 e. The predicted molar refractivity (Wildman–Crippen MR) is 107 cm³/mol. The fourth-order valence-electron chi connectivity index (χ4n) is 2.98. The van der Waals surface area contributed by atoms with E-state index in [2.05, 4.69) is 0 Å². The van der Waals surface area contributed by atoms with E-state index in [9.17, 15) is 17.6 Å². The van der Waals surface area contributed by atoms with Gasteiger partial charge in [-0.05, 0) is 54.5 Å². The van der Waals surface area contributed by atoms with Gasteiger partial charge in [-0.2, -0.15) is 4.31 Å². The maximum absolute atomic E-state index is 13.0. The number of hydrogen-bond acceptors (Lipinski definition) is 3. The highest BCUT2D eigenvalue weighted by atomic mass is 35.5. The normalized spacial score (nSPS) is 16.2. The minimum absolute atomic E-state index is 0.184. The first-order chi connectivity index (χ1) is 13.3. The zero-order valence-electron chi connectivity index (χ0n) is 15.3. The molecular weight excluding hydrogens is 403 g/mol. The Hall–Kier alpha value is -2.22. The minimum Gasteiger partial charge on any atom is -0.337 e. The van der Waals surface area contributed by atoms with Crippen molar-refractivity contribution in [2.45, 2.75) is 11.8 Å². The number of piperazine rings is 1. The number of benzene rings is 2. The van der Waals surface area contributed by atoms with Crippen molar-refractivity contribution < 1.29 is 17.6 Å². The molecule has 0 unspecified atom stereocenters. The van der Waals surface area contributed by atoms with Crippen LogP contribution in [0.4, 0.5) is 4.39 Å². The molecule has 5 nitrogen and oxygen atoms in total. The first kappa shape index (κ1) is 20.5. The Labute approximate surface area is 169 Å². The molecule has 1 aliphatic rings. The molecular formula is C20H20ClFN2O3S. The van der Waals surface area contributed by atoms with Gasteiger partial charge in [0.2, 0.25) is 15.9 Å². The van der Waals surface area contributed by atoms with Gasteiger partial charge in [0, 0.05) is 37.3 Å². The number of nitrogens with zero attached hydrogens (tertiary/aromatic N) is 2. The third kappa shape index (κ3) is 4.60. The van der Waals surface area contributed by atoms with Gasteiger partial charge < -0.3 is 4.90 Å². The standard InChI is InChI=1S/C20H20ClFN2O3S/c1-15(16-2-6-18(22)7-3-16)14-20(25)23-10-12-24(13-11-23)28(26,27)19-8-4-17(21)5-9-19/h2-9,14H,10-13H2,1H3/b15-14+. The van der Waals surface area contributed by atoms with Crippen LogP contribution < -0.4 is 0 Å². The van der Waals surface area contributed by atoms with Gasteiger partial charge in [-0.3, -0.25) is 4.79 Å². The van der Waals surface area contributed by atoms with Crippen molar-refractivity contribution in [1.29, 1.82) is 0 Å². The molecule has 1 fully saturated rings. The molecule has 8 heteroatoms. The number of rotatable bonds is 4. The second-order valence-electron chi connectivity index (χ2n) is 6.52. The molecule has 0 N–H and O–H groups in total. The number of carbonyl (C=O) groups is 1. The average molecular weight is 423 g/mol. The number of allylic oxidation sites excluding steroid dienone is 1. The molecule has 1 saturated heterocycles. The lowest BCUT2D eigenvalue weighted by Crippen LogP contribution is -2.50. The summed E-state index contributed by atoms with van der Waals surface area (Å²) in [6, 6.07) is 12.0. The van der Waals surface area contributed by atoms with E-state index in [1.54, 1.807) is 24.0 Å². The summed E-state index contributed by atoms with van der Waals surface area (Å²) in [6.07, 6.45) is 1.50. The number of amides is 1. The molecule has 2 aromatic carbocycles. The highest BCUT2D eigenvalue weighted by Crippen LogP contribution is 2.20. The second kappa shape index (κ2) is 8.43. The van der Waals surface area contributed by atoms with E-state index in [0.717, 1.165) is 11.1 Å². The van der Waals surface area contributed by atoms with Gasteiger partial charge in [-0.1, -0.05) is 23.7 Å². The van der Waals surface area contributed by atoms with Crippen LogP contribution in [0.3, 0.4) is 0 Å². The Bertz CT molecular complexity index is 981. The molecule has 2 aromatic rings. The Kier molecular flexibility index (Phi) is 6.17. The Morgan fingerprint density at radius 3 is 2.14 bits per heavy atom. The highest BCUT2D eigenvalue weighted by molar-refractivity contribution is 7.89. The molecule has 0 aromatic heterocycles. The zero-order chi connectivity index (χ0) is 20.3. The van der Waals surface area contributed by atoms with Crippen molar-refractivity contribution >= 4 is 33.1 Å². The molecule has 3 rings (SSSR count). The summed E-state index contributed by atoms with van der Waals surface area (Å²) in [5, 5.41) is 0.470. The van der Waals surface area contributed by atoms with Crippen LogP contribution in [0, 0.1) is 5.82 Å².